The van der Waals surface area contributed by atoms with Crippen molar-refractivity contribution in [3.63, 3.8) is 0 Å². The molecule has 1 amide bonds. The third-order valence-corrected chi connectivity index (χ3v) is 3.97. The van der Waals surface area contributed by atoms with E-state index in [1.165, 1.54) is 19.2 Å². The Hall–Kier alpha value is -2.31. The standard InChI is InChI=1S/C18H25FN2O4/c1-12-11-20(17(23)25-18(2,3)4)8-9-21(12)13-6-7-14(15(19)10-13)16(22)24-5/h6-7,10,12H,8-9,11H2,1-5H3/t12-/m1/s1. The average Bonchev–Trinajstić information content (AvgIpc) is 2.52. The molecule has 0 aliphatic carbocycles. The zero-order valence-electron chi connectivity index (χ0n) is 15.3. The van der Waals surface area contributed by atoms with Gasteiger partial charge in [0.05, 0.1) is 12.7 Å². The molecule has 1 aromatic rings. The minimum absolute atomic E-state index is 0.00959. The van der Waals surface area contributed by atoms with Gasteiger partial charge in [-0.3, -0.25) is 0 Å². The molecule has 7 heteroatoms. The van der Waals surface area contributed by atoms with E-state index in [1.54, 1.807) is 11.0 Å². The van der Waals surface area contributed by atoms with Crippen LogP contribution in [0.15, 0.2) is 18.2 Å². The Morgan fingerprint density at radius 3 is 2.44 bits per heavy atom. The molecule has 1 atom stereocenters. The Bertz CT molecular complexity index is 657. The molecular weight excluding hydrogens is 327 g/mol. The maximum atomic E-state index is 14.1. The maximum Gasteiger partial charge on any atom is 0.410 e. The number of carbonyl (C=O) groups excluding carboxylic acids is 2. The summed E-state index contributed by atoms with van der Waals surface area (Å²) in [4.78, 5) is 27.3. The predicted octanol–water partition coefficient (Wildman–Crippen LogP) is 3.06. The first kappa shape index (κ1) is 19.0. The number of hydrogen-bond acceptors (Lipinski definition) is 5. The number of piperazine rings is 1. The van der Waals surface area contributed by atoms with Gasteiger partial charge in [-0.1, -0.05) is 0 Å². The van der Waals surface area contributed by atoms with Gasteiger partial charge in [-0.05, 0) is 45.9 Å². The molecule has 138 valence electrons. The summed E-state index contributed by atoms with van der Waals surface area (Å²) in [5.41, 5.74) is 0.0393. The highest BCUT2D eigenvalue weighted by molar-refractivity contribution is 5.90. The van der Waals surface area contributed by atoms with Crippen molar-refractivity contribution in [2.24, 2.45) is 0 Å². The fourth-order valence-corrected chi connectivity index (χ4v) is 2.79. The van der Waals surface area contributed by atoms with Crippen molar-refractivity contribution in [3.8, 4) is 0 Å². The van der Waals surface area contributed by atoms with Gasteiger partial charge in [0.2, 0.25) is 0 Å². The zero-order valence-corrected chi connectivity index (χ0v) is 15.3. The molecule has 1 saturated heterocycles. The van der Waals surface area contributed by atoms with Gasteiger partial charge in [-0.2, -0.15) is 0 Å². The summed E-state index contributed by atoms with van der Waals surface area (Å²) in [6.45, 7) is 8.97. The van der Waals surface area contributed by atoms with Crippen LogP contribution in [0.25, 0.3) is 0 Å². The second-order valence-corrected chi connectivity index (χ2v) is 7.12. The SMILES string of the molecule is COC(=O)c1ccc(N2CCN(C(=O)OC(C)(C)C)C[C@H]2C)cc1F. The Morgan fingerprint density at radius 1 is 1.24 bits per heavy atom. The Kier molecular flexibility index (Phi) is 5.55. The molecule has 25 heavy (non-hydrogen) atoms. The van der Waals surface area contributed by atoms with Crippen LogP contribution < -0.4 is 4.90 Å². The number of hydrogen-bond donors (Lipinski definition) is 0. The molecule has 0 saturated carbocycles. The molecule has 0 N–H and O–H groups in total. The van der Waals surface area contributed by atoms with Crippen LogP contribution in [0.1, 0.15) is 38.1 Å². The zero-order chi connectivity index (χ0) is 18.8. The van der Waals surface area contributed by atoms with Crippen LogP contribution >= 0.6 is 0 Å². The first-order chi connectivity index (χ1) is 11.6. The van der Waals surface area contributed by atoms with Crippen LogP contribution in [0.3, 0.4) is 0 Å². The van der Waals surface area contributed by atoms with Crippen LogP contribution in [-0.4, -0.2) is 55.3 Å². The van der Waals surface area contributed by atoms with E-state index in [4.69, 9.17) is 4.74 Å². The fourth-order valence-electron chi connectivity index (χ4n) is 2.79. The van der Waals surface area contributed by atoms with Crippen molar-refractivity contribution in [3.05, 3.63) is 29.6 Å². The molecule has 0 bridgehead atoms. The largest absolute Gasteiger partial charge is 0.465 e. The number of halogens is 1. The predicted molar refractivity (Wildman–Crippen MR) is 92.4 cm³/mol. The van der Waals surface area contributed by atoms with Gasteiger partial charge >= 0.3 is 12.1 Å². The van der Waals surface area contributed by atoms with Gasteiger partial charge in [0.15, 0.2) is 0 Å². The molecule has 1 aliphatic rings. The highest BCUT2D eigenvalue weighted by atomic mass is 19.1. The molecule has 1 fully saturated rings. The number of methoxy groups -OCH3 is 1. The number of anilines is 1. The number of rotatable bonds is 2. The third-order valence-electron chi connectivity index (χ3n) is 3.97. The maximum absolute atomic E-state index is 14.1. The molecule has 0 spiro atoms. The van der Waals surface area contributed by atoms with Gasteiger partial charge < -0.3 is 19.3 Å². The number of esters is 1. The molecular formula is C18H25FN2O4. The molecule has 1 aromatic carbocycles. The fraction of sp³-hybridized carbons (Fsp3) is 0.556. The lowest BCUT2D eigenvalue weighted by molar-refractivity contribution is 0.0218. The second kappa shape index (κ2) is 7.29. The molecule has 0 aromatic heterocycles. The van der Waals surface area contributed by atoms with E-state index in [1.807, 2.05) is 32.6 Å². The van der Waals surface area contributed by atoms with Gasteiger partial charge in [0.1, 0.15) is 11.4 Å². The Morgan fingerprint density at radius 2 is 1.92 bits per heavy atom. The van der Waals surface area contributed by atoms with E-state index in [-0.39, 0.29) is 17.7 Å². The van der Waals surface area contributed by atoms with Gasteiger partial charge in [0, 0.05) is 31.4 Å². The lowest BCUT2D eigenvalue weighted by Gasteiger charge is -2.41. The first-order valence-electron chi connectivity index (χ1n) is 8.25. The van der Waals surface area contributed by atoms with Crippen LogP contribution in [0, 0.1) is 5.82 Å². The van der Waals surface area contributed by atoms with Crippen molar-refractivity contribution < 1.29 is 23.5 Å². The number of carbonyl (C=O) groups is 2. The van der Waals surface area contributed by atoms with Crippen LogP contribution in [0.2, 0.25) is 0 Å². The van der Waals surface area contributed by atoms with Crippen LogP contribution in [-0.2, 0) is 9.47 Å². The van der Waals surface area contributed by atoms with Gasteiger partial charge in [0.25, 0.3) is 0 Å². The molecule has 6 nitrogen and oxygen atoms in total. The Labute approximate surface area is 147 Å². The average molecular weight is 352 g/mol. The van der Waals surface area contributed by atoms with E-state index >= 15 is 0 Å². The lowest BCUT2D eigenvalue weighted by atomic mass is 10.1. The second-order valence-electron chi connectivity index (χ2n) is 7.12. The number of nitrogens with zero attached hydrogens (tertiary/aromatic N) is 2. The van der Waals surface area contributed by atoms with Gasteiger partial charge in [-0.25, -0.2) is 14.0 Å². The minimum atomic E-state index is -0.702. The topological polar surface area (TPSA) is 59.1 Å². The summed E-state index contributed by atoms with van der Waals surface area (Å²) in [5.74, 6) is -1.32. The van der Waals surface area contributed by atoms with Crippen molar-refractivity contribution in [1.82, 2.24) is 4.90 Å². The normalized spacial score (nSPS) is 18.1. The Balaban J connectivity index is 2.08. The lowest BCUT2D eigenvalue weighted by Crippen LogP contribution is -2.54. The van der Waals surface area contributed by atoms with Crippen molar-refractivity contribution in [1.29, 1.82) is 0 Å². The van der Waals surface area contributed by atoms with E-state index < -0.39 is 17.4 Å². The van der Waals surface area contributed by atoms with E-state index in [0.717, 1.165) is 0 Å². The quantitative estimate of drug-likeness (QED) is 0.766. The summed E-state index contributed by atoms with van der Waals surface area (Å²) < 4.78 is 24.1. The molecule has 1 heterocycles. The smallest absolute Gasteiger partial charge is 0.410 e. The van der Waals surface area contributed by atoms with Gasteiger partial charge in [-0.15, -0.1) is 0 Å². The molecule has 1 aliphatic heterocycles. The number of amides is 1. The van der Waals surface area contributed by atoms with Crippen molar-refractivity contribution in [2.45, 2.75) is 39.3 Å². The highest BCUT2D eigenvalue weighted by Crippen LogP contribution is 2.24. The van der Waals surface area contributed by atoms with Crippen molar-refractivity contribution >= 4 is 17.7 Å². The summed E-state index contributed by atoms with van der Waals surface area (Å²) in [6.07, 6.45) is -0.341. The molecule has 2 rings (SSSR count). The number of ether oxygens (including phenoxy) is 2. The summed E-state index contributed by atoms with van der Waals surface area (Å²) >= 11 is 0. The molecule has 0 radical (unpaired) electrons. The summed E-state index contributed by atoms with van der Waals surface area (Å²) in [6, 6.07) is 4.43. The number of benzene rings is 1. The van der Waals surface area contributed by atoms with Crippen molar-refractivity contribution in [2.75, 3.05) is 31.6 Å². The van der Waals surface area contributed by atoms with E-state index in [0.29, 0.717) is 25.3 Å². The monoisotopic (exact) mass is 352 g/mol. The van der Waals surface area contributed by atoms with Crippen LogP contribution in [0.4, 0.5) is 14.9 Å². The van der Waals surface area contributed by atoms with E-state index in [2.05, 4.69) is 4.74 Å². The third kappa shape index (κ3) is 4.61. The summed E-state index contributed by atoms with van der Waals surface area (Å²) in [5, 5.41) is 0. The summed E-state index contributed by atoms with van der Waals surface area (Å²) in [7, 11) is 1.22. The molecule has 0 unspecified atom stereocenters. The highest BCUT2D eigenvalue weighted by Gasteiger charge is 2.30. The van der Waals surface area contributed by atoms with E-state index in [9.17, 15) is 14.0 Å². The van der Waals surface area contributed by atoms with Crippen LogP contribution in [0.5, 0.6) is 0 Å². The first-order valence-corrected chi connectivity index (χ1v) is 8.25. The minimum Gasteiger partial charge on any atom is -0.465 e.